The average molecular weight is 251 g/mol. The summed E-state index contributed by atoms with van der Waals surface area (Å²) < 4.78 is 0. The SMILES string of the molecule is CN1C2CCC1CC(CNC(=O)C1CCNC1)C2. The number of hydrogen-bond donors (Lipinski definition) is 2. The van der Waals surface area contributed by atoms with Gasteiger partial charge in [0.25, 0.3) is 0 Å². The maximum Gasteiger partial charge on any atom is 0.224 e. The zero-order chi connectivity index (χ0) is 12.5. The van der Waals surface area contributed by atoms with Gasteiger partial charge in [-0.25, -0.2) is 0 Å². The highest BCUT2D eigenvalue weighted by atomic mass is 16.1. The molecule has 0 spiro atoms. The number of fused-ring (bicyclic) bond motifs is 2. The minimum atomic E-state index is 0.216. The molecule has 0 saturated carbocycles. The lowest BCUT2D eigenvalue weighted by molar-refractivity contribution is -0.124. The lowest BCUT2D eigenvalue weighted by atomic mass is 9.91. The van der Waals surface area contributed by atoms with Gasteiger partial charge in [-0.2, -0.15) is 0 Å². The Morgan fingerprint density at radius 1 is 1.28 bits per heavy atom. The molecule has 4 nitrogen and oxygen atoms in total. The van der Waals surface area contributed by atoms with Crippen LogP contribution in [0.2, 0.25) is 0 Å². The fourth-order valence-corrected chi connectivity index (χ4v) is 3.96. The van der Waals surface area contributed by atoms with Crippen molar-refractivity contribution < 1.29 is 4.79 Å². The van der Waals surface area contributed by atoms with Crippen molar-refractivity contribution in [3.8, 4) is 0 Å². The Kier molecular flexibility index (Phi) is 3.57. The smallest absolute Gasteiger partial charge is 0.224 e. The predicted molar refractivity (Wildman–Crippen MR) is 71.3 cm³/mol. The van der Waals surface area contributed by atoms with E-state index in [9.17, 15) is 4.79 Å². The van der Waals surface area contributed by atoms with E-state index in [-0.39, 0.29) is 11.8 Å². The lowest BCUT2D eigenvalue weighted by Gasteiger charge is -2.36. The minimum Gasteiger partial charge on any atom is -0.356 e. The molecule has 3 heterocycles. The zero-order valence-electron chi connectivity index (χ0n) is 11.3. The predicted octanol–water partition coefficient (Wildman–Crippen LogP) is 0.585. The van der Waals surface area contributed by atoms with Gasteiger partial charge in [-0.15, -0.1) is 0 Å². The number of nitrogens with zero attached hydrogens (tertiary/aromatic N) is 1. The van der Waals surface area contributed by atoms with Crippen molar-refractivity contribution in [3.63, 3.8) is 0 Å². The molecule has 102 valence electrons. The number of amides is 1. The summed E-state index contributed by atoms with van der Waals surface area (Å²) >= 11 is 0. The number of nitrogens with one attached hydrogen (secondary N) is 2. The third-order valence-electron chi connectivity index (χ3n) is 5.19. The lowest BCUT2D eigenvalue weighted by Crippen LogP contribution is -2.44. The van der Waals surface area contributed by atoms with Crippen LogP contribution in [0, 0.1) is 11.8 Å². The molecule has 3 rings (SSSR count). The van der Waals surface area contributed by atoms with Gasteiger partial charge in [-0.3, -0.25) is 4.79 Å². The summed E-state index contributed by atoms with van der Waals surface area (Å²) in [4.78, 5) is 14.5. The van der Waals surface area contributed by atoms with E-state index < -0.39 is 0 Å². The number of carbonyl (C=O) groups excluding carboxylic acids is 1. The Morgan fingerprint density at radius 3 is 2.61 bits per heavy atom. The number of carbonyl (C=O) groups is 1. The van der Waals surface area contributed by atoms with Gasteiger partial charge in [0.1, 0.15) is 0 Å². The Balaban J connectivity index is 1.45. The molecule has 4 heteroatoms. The molecule has 3 unspecified atom stereocenters. The normalized spacial score (nSPS) is 40.1. The third-order valence-corrected chi connectivity index (χ3v) is 5.19. The Morgan fingerprint density at radius 2 is 2.00 bits per heavy atom. The number of rotatable bonds is 3. The van der Waals surface area contributed by atoms with Crippen LogP contribution in [0.4, 0.5) is 0 Å². The molecule has 0 aromatic rings. The first-order chi connectivity index (χ1) is 8.74. The summed E-state index contributed by atoms with van der Waals surface area (Å²) in [5.41, 5.74) is 0. The highest BCUT2D eigenvalue weighted by Crippen LogP contribution is 2.37. The van der Waals surface area contributed by atoms with Crippen LogP contribution in [0.25, 0.3) is 0 Å². The largest absolute Gasteiger partial charge is 0.356 e. The summed E-state index contributed by atoms with van der Waals surface area (Å²) in [6.07, 6.45) is 6.27. The van der Waals surface area contributed by atoms with Gasteiger partial charge in [0.05, 0.1) is 5.92 Å². The molecule has 1 amide bonds. The highest BCUT2D eigenvalue weighted by Gasteiger charge is 2.38. The standard InChI is InChI=1S/C14H25N3O/c1-17-12-2-3-13(17)7-10(6-12)8-16-14(18)11-4-5-15-9-11/h10-13,15H,2-9H2,1H3,(H,16,18). The third kappa shape index (κ3) is 2.41. The van der Waals surface area contributed by atoms with Crippen LogP contribution in [0.5, 0.6) is 0 Å². The molecule has 0 aromatic carbocycles. The fraction of sp³-hybridized carbons (Fsp3) is 0.929. The van der Waals surface area contributed by atoms with Crippen LogP contribution in [0.1, 0.15) is 32.1 Å². The molecule has 2 N–H and O–H groups in total. The van der Waals surface area contributed by atoms with E-state index in [0.717, 1.165) is 38.1 Å². The van der Waals surface area contributed by atoms with E-state index in [1.165, 1.54) is 25.7 Å². The van der Waals surface area contributed by atoms with Crippen LogP contribution < -0.4 is 10.6 Å². The molecule has 3 fully saturated rings. The highest BCUT2D eigenvalue weighted by molar-refractivity contribution is 5.79. The van der Waals surface area contributed by atoms with E-state index >= 15 is 0 Å². The summed E-state index contributed by atoms with van der Waals surface area (Å²) in [5.74, 6) is 1.19. The monoisotopic (exact) mass is 251 g/mol. The Bertz CT molecular complexity index is 300. The van der Waals surface area contributed by atoms with Gasteiger partial charge in [0.15, 0.2) is 0 Å². The van der Waals surface area contributed by atoms with Crippen molar-refractivity contribution in [2.45, 2.75) is 44.2 Å². The maximum atomic E-state index is 12.0. The number of hydrogen-bond acceptors (Lipinski definition) is 3. The van der Waals surface area contributed by atoms with Crippen LogP contribution >= 0.6 is 0 Å². The molecule has 2 bridgehead atoms. The Labute approximate surface area is 109 Å². The van der Waals surface area contributed by atoms with E-state index in [1.54, 1.807) is 0 Å². The van der Waals surface area contributed by atoms with Crippen LogP contribution in [-0.4, -0.2) is 49.6 Å². The number of piperidine rings is 1. The summed E-state index contributed by atoms with van der Waals surface area (Å²) in [6.45, 7) is 2.76. The molecular weight excluding hydrogens is 226 g/mol. The first-order valence-corrected chi connectivity index (χ1v) is 7.44. The van der Waals surface area contributed by atoms with E-state index in [0.29, 0.717) is 5.92 Å². The van der Waals surface area contributed by atoms with Crippen molar-refractivity contribution >= 4 is 5.91 Å². The first-order valence-electron chi connectivity index (χ1n) is 7.44. The Hall–Kier alpha value is -0.610. The fourth-order valence-electron chi connectivity index (χ4n) is 3.96. The van der Waals surface area contributed by atoms with Crippen molar-refractivity contribution in [2.75, 3.05) is 26.7 Å². The molecule has 3 aliphatic rings. The van der Waals surface area contributed by atoms with Crippen molar-refractivity contribution in [1.82, 2.24) is 15.5 Å². The molecular formula is C14H25N3O. The zero-order valence-corrected chi connectivity index (χ0v) is 11.3. The van der Waals surface area contributed by atoms with Crippen molar-refractivity contribution in [2.24, 2.45) is 11.8 Å². The molecule has 3 saturated heterocycles. The topological polar surface area (TPSA) is 44.4 Å². The minimum absolute atomic E-state index is 0.216. The second kappa shape index (κ2) is 5.17. The van der Waals surface area contributed by atoms with Crippen molar-refractivity contribution in [3.05, 3.63) is 0 Å². The second-order valence-corrected chi connectivity index (χ2v) is 6.32. The maximum absolute atomic E-state index is 12.0. The van der Waals surface area contributed by atoms with E-state index in [4.69, 9.17) is 0 Å². The summed E-state index contributed by atoms with van der Waals surface area (Å²) in [7, 11) is 2.27. The van der Waals surface area contributed by atoms with Gasteiger partial charge in [-0.05, 0) is 51.6 Å². The molecule has 3 atom stereocenters. The van der Waals surface area contributed by atoms with Crippen LogP contribution in [0.15, 0.2) is 0 Å². The molecule has 0 radical (unpaired) electrons. The van der Waals surface area contributed by atoms with Gasteiger partial charge in [-0.1, -0.05) is 0 Å². The van der Waals surface area contributed by atoms with Crippen molar-refractivity contribution in [1.29, 1.82) is 0 Å². The van der Waals surface area contributed by atoms with Gasteiger partial charge >= 0.3 is 0 Å². The second-order valence-electron chi connectivity index (χ2n) is 6.32. The van der Waals surface area contributed by atoms with E-state index in [1.807, 2.05) is 0 Å². The molecule has 0 aromatic heterocycles. The van der Waals surface area contributed by atoms with Crippen LogP contribution in [-0.2, 0) is 4.79 Å². The molecule has 0 aliphatic carbocycles. The quantitative estimate of drug-likeness (QED) is 0.771. The summed E-state index contributed by atoms with van der Waals surface area (Å²) in [6, 6.07) is 1.55. The van der Waals surface area contributed by atoms with E-state index in [2.05, 4.69) is 22.6 Å². The molecule has 3 aliphatic heterocycles. The molecule has 18 heavy (non-hydrogen) atoms. The van der Waals surface area contributed by atoms with Gasteiger partial charge in [0, 0.05) is 25.2 Å². The first kappa shape index (κ1) is 12.4. The average Bonchev–Trinajstić information content (AvgIpc) is 2.94. The van der Waals surface area contributed by atoms with Crippen LogP contribution in [0.3, 0.4) is 0 Å². The van der Waals surface area contributed by atoms with Gasteiger partial charge < -0.3 is 15.5 Å². The van der Waals surface area contributed by atoms with Gasteiger partial charge in [0.2, 0.25) is 5.91 Å². The summed E-state index contributed by atoms with van der Waals surface area (Å²) in [5, 5.41) is 6.43.